The Morgan fingerprint density at radius 1 is 1.19 bits per heavy atom. The summed E-state index contributed by atoms with van der Waals surface area (Å²) >= 11 is 0. The summed E-state index contributed by atoms with van der Waals surface area (Å²) in [6.45, 7) is 4.28. The van der Waals surface area contributed by atoms with Gasteiger partial charge in [0, 0.05) is 49.9 Å². The monoisotopic (exact) mass is 438 g/mol. The van der Waals surface area contributed by atoms with E-state index in [1.165, 1.54) is 18.3 Å². The van der Waals surface area contributed by atoms with Crippen molar-refractivity contribution in [3.63, 3.8) is 0 Å². The van der Waals surface area contributed by atoms with Gasteiger partial charge in [0.2, 0.25) is 0 Å². The molecule has 0 unspecified atom stereocenters. The smallest absolute Gasteiger partial charge is 0.339 e. The van der Waals surface area contributed by atoms with E-state index in [4.69, 9.17) is 4.74 Å². The van der Waals surface area contributed by atoms with Crippen LogP contribution in [0.3, 0.4) is 0 Å². The molecule has 1 aromatic carbocycles. The van der Waals surface area contributed by atoms with Crippen molar-refractivity contribution < 1.29 is 19.2 Å². The highest BCUT2D eigenvalue weighted by molar-refractivity contribution is 6.05. The summed E-state index contributed by atoms with van der Waals surface area (Å²) in [4.78, 5) is 43.7. The van der Waals surface area contributed by atoms with Crippen molar-refractivity contribution in [2.45, 2.75) is 13.3 Å². The summed E-state index contributed by atoms with van der Waals surface area (Å²) in [5, 5.41) is 18.4. The summed E-state index contributed by atoms with van der Waals surface area (Å²) in [6, 6.07) is 7.73. The first kappa shape index (κ1) is 21.2. The lowest BCUT2D eigenvalue weighted by Crippen LogP contribution is -2.35. The van der Waals surface area contributed by atoms with Gasteiger partial charge < -0.3 is 14.5 Å². The molecule has 1 aliphatic heterocycles. The third-order valence-corrected chi connectivity index (χ3v) is 5.33. The average Bonchev–Trinajstić information content (AvgIpc) is 3.06. The third-order valence-electron chi connectivity index (χ3n) is 5.33. The van der Waals surface area contributed by atoms with E-state index in [0.717, 1.165) is 6.42 Å². The van der Waals surface area contributed by atoms with Crippen LogP contribution in [0.4, 0.5) is 11.5 Å². The Morgan fingerprint density at radius 3 is 2.75 bits per heavy atom. The van der Waals surface area contributed by atoms with E-state index >= 15 is 0 Å². The summed E-state index contributed by atoms with van der Waals surface area (Å²) < 4.78 is 4.98. The van der Waals surface area contributed by atoms with Gasteiger partial charge in [-0.15, -0.1) is 0 Å². The van der Waals surface area contributed by atoms with Crippen molar-refractivity contribution in [1.82, 2.24) is 20.1 Å². The molecule has 0 saturated carbocycles. The molecule has 2 aromatic heterocycles. The molecular weight excluding hydrogens is 416 g/mol. The summed E-state index contributed by atoms with van der Waals surface area (Å²) in [7, 11) is 0. The molecule has 3 aromatic rings. The van der Waals surface area contributed by atoms with Crippen molar-refractivity contribution in [3.8, 4) is 0 Å². The van der Waals surface area contributed by atoms with Crippen molar-refractivity contribution >= 4 is 34.3 Å². The predicted octanol–water partition coefficient (Wildman–Crippen LogP) is 2.40. The van der Waals surface area contributed by atoms with Gasteiger partial charge in [-0.1, -0.05) is 0 Å². The highest BCUT2D eigenvalue weighted by Crippen LogP contribution is 2.24. The van der Waals surface area contributed by atoms with Gasteiger partial charge in [-0.05, 0) is 31.5 Å². The highest BCUT2D eigenvalue weighted by atomic mass is 16.6. The number of esters is 1. The number of benzene rings is 1. The van der Waals surface area contributed by atoms with Crippen LogP contribution in [0.5, 0.6) is 0 Å². The van der Waals surface area contributed by atoms with Gasteiger partial charge in [-0.25, -0.2) is 9.78 Å². The van der Waals surface area contributed by atoms with Crippen LogP contribution in [-0.2, 0) is 4.74 Å². The number of ether oxygens (including phenoxy) is 1. The zero-order valence-electron chi connectivity index (χ0n) is 17.5. The number of nitro benzene ring substituents is 1. The largest absolute Gasteiger partial charge is 0.462 e. The van der Waals surface area contributed by atoms with Crippen LogP contribution >= 0.6 is 0 Å². The Labute approximate surface area is 183 Å². The second-order valence-corrected chi connectivity index (χ2v) is 7.32. The molecule has 1 N–H and O–H groups in total. The second kappa shape index (κ2) is 9.00. The van der Waals surface area contributed by atoms with Gasteiger partial charge in [-0.2, -0.15) is 5.10 Å². The van der Waals surface area contributed by atoms with Crippen molar-refractivity contribution in [3.05, 3.63) is 57.9 Å². The van der Waals surface area contributed by atoms with E-state index < -0.39 is 10.9 Å². The average molecular weight is 438 g/mol. The van der Waals surface area contributed by atoms with Crippen LogP contribution in [0.25, 0.3) is 10.9 Å². The number of pyridine rings is 1. The first-order chi connectivity index (χ1) is 15.5. The number of fused-ring (bicyclic) bond motifs is 1. The number of anilines is 1. The number of carbonyl (C=O) groups is 2. The highest BCUT2D eigenvalue weighted by Gasteiger charge is 2.25. The molecular formula is C21H22N6O5. The molecule has 0 aliphatic carbocycles. The number of aromatic amines is 1. The fourth-order valence-electron chi connectivity index (χ4n) is 3.69. The number of nitrogens with one attached hydrogen (secondary N) is 1. The van der Waals surface area contributed by atoms with Crippen LogP contribution in [0.2, 0.25) is 0 Å². The molecule has 0 spiro atoms. The number of aromatic nitrogens is 3. The van der Waals surface area contributed by atoms with E-state index in [2.05, 4.69) is 20.1 Å². The van der Waals surface area contributed by atoms with Crippen LogP contribution in [0, 0.1) is 10.1 Å². The van der Waals surface area contributed by atoms with Gasteiger partial charge in [0.05, 0.1) is 22.6 Å². The molecule has 11 heteroatoms. The Morgan fingerprint density at radius 2 is 2.03 bits per heavy atom. The number of amides is 1. The summed E-state index contributed by atoms with van der Waals surface area (Å²) in [5.74, 6) is 0.0306. The zero-order valence-corrected chi connectivity index (χ0v) is 17.5. The molecule has 11 nitrogen and oxygen atoms in total. The first-order valence-corrected chi connectivity index (χ1v) is 10.3. The maximum atomic E-state index is 13.1. The van der Waals surface area contributed by atoms with Crippen molar-refractivity contribution in [2.75, 3.05) is 37.7 Å². The molecule has 1 fully saturated rings. The fraction of sp³-hybridized carbons (Fsp3) is 0.333. The molecule has 4 rings (SSSR count). The Bertz CT molecular complexity index is 1160. The first-order valence-electron chi connectivity index (χ1n) is 10.3. The van der Waals surface area contributed by atoms with E-state index in [0.29, 0.717) is 55.1 Å². The minimum Gasteiger partial charge on any atom is -0.462 e. The van der Waals surface area contributed by atoms with Gasteiger partial charge in [0.25, 0.3) is 11.6 Å². The van der Waals surface area contributed by atoms with Crippen LogP contribution in [0.1, 0.15) is 34.2 Å². The molecule has 0 atom stereocenters. The number of carbonyl (C=O) groups excluding carboxylic acids is 2. The lowest BCUT2D eigenvalue weighted by atomic mass is 10.1. The number of nitrogens with zero attached hydrogens (tertiary/aromatic N) is 5. The van der Waals surface area contributed by atoms with Gasteiger partial charge in [0.1, 0.15) is 5.82 Å². The Kier molecular flexibility index (Phi) is 5.97. The van der Waals surface area contributed by atoms with E-state index in [9.17, 15) is 19.7 Å². The molecule has 1 saturated heterocycles. The maximum Gasteiger partial charge on any atom is 0.339 e. The number of hydrogen-bond acceptors (Lipinski definition) is 8. The zero-order chi connectivity index (χ0) is 22.7. The normalized spacial score (nSPS) is 14.3. The molecule has 1 aliphatic rings. The topological polar surface area (TPSA) is 135 Å². The minimum atomic E-state index is -0.495. The third kappa shape index (κ3) is 4.22. The van der Waals surface area contributed by atoms with Crippen LogP contribution < -0.4 is 4.90 Å². The molecule has 0 radical (unpaired) electrons. The molecule has 3 heterocycles. The van der Waals surface area contributed by atoms with Crippen molar-refractivity contribution in [1.29, 1.82) is 0 Å². The van der Waals surface area contributed by atoms with Crippen molar-refractivity contribution in [2.24, 2.45) is 0 Å². The van der Waals surface area contributed by atoms with E-state index in [1.54, 1.807) is 30.0 Å². The standard InChI is InChI=1S/C21H22N6O5/c1-2-32-21(29)14-4-7-18(22-13-14)25-8-3-9-26(11-10-25)20(28)19-16-12-15(27(30)31)5-6-17(16)23-24-19/h4-7,12-13H,2-3,8-11H2,1H3,(H,23,24). The Balaban J connectivity index is 1.47. The number of rotatable bonds is 5. The quantitative estimate of drug-likeness (QED) is 0.364. The SMILES string of the molecule is CCOC(=O)c1ccc(N2CCCN(C(=O)c3n[nH]c4ccc([N+](=O)[O-])cc34)CC2)nc1. The van der Waals surface area contributed by atoms with Crippen LogP contribution in [-0.4, -0.2) is 69.7 Å². The lowest BCUT2D eigenvalue weighted by molar-refractivity contribution is -0.384. The predicted molar refractivity (Wildman–Crippen MR) is 116 cm³/mol. The molecule has 1 amide bonds. The minimum absolute atomic E-state index is 0.0904. The number of non-ortho nitro benzene ring substituents is 1. The lowest BCUT2D eigenvalue weighted by Gasteiger charge is -2.22. The maximum absolute atomic E-state index is 13.1. The Hall–Kier alpha value is -4.02. The number of hydrogen-bond donors (Lipinski definition) is 1. The van der Waals surface area contributed by atoms with Gasteiger partial charge in [0.15, 0.2) is 5.69 Å². The van der Waals surface area contributed by atoms with Gasteiger partial charge in [-0.3, -0.25) is 20.0 Å². The number of H-pyrrole nitrogens is 1. The van der Waals surface area contributed by atoms with Gasteiger partial charge >= 0.3 is 5.97 Å². The summed E-state index contributed by atoms with van der Waals surface area (Å²) in [6.07, 6.45) is 2.21. The van der Waals surface area contributed by atoms with Crippen LogP contribution in [0.15, 0.2) is 36.5 Å². The number of nitro groups is 1. The van der Waals surface area contributed by atoms with E-state index in [1.807, 2.05) is 0 Å². The fourth-order valence-corrected chi connectivity index (χ4v) is 3.69. The molecule has 166 valence electrons. The molecule has 32 heavy (non-hydrogen) atoms. The molecule has 0 bridgehead atoms. The second-order valence-electron chi connectivity index (χ2n) is 7.32. The summed E-state index contributed by atoms with van der Waals surface area (Å²) in [5.41, 5.74) is 1.05. The van der Waals surface area contributed by atoms with E-state index in [-0.39, 0.29) is 17.3 Å².